The van der Waals surface area contributed by atoms with Gasteiger partial charge in [-0.3, -0.25) is 0 Å². The third-order valence-corrected chi connectivity index (χ3v) is 3.68. The van der Waals surface area contributed by atoms with Gasteiger partial charge in [-0.15, -0.1) is 0 Å². The minimum Gasteiger partial charge on any atom is -0.496 e. The van der Waals surface area contributed by atoms with Crippen LogP contribution in [-0.2, 0) is 0 Å². The Morgan fingerprint density at radius 2 is 2.18 bits per heavy atom. The Hall–Kier alpha value is -1.02. The first-order valence-corrected chi connectivity index (χ1v) is 6.55. The molecule has 0 aliphatic heterocycles. The molecule has 17 heavy (non-hydrogen) atoms. The first kappa shape index (κ1) is 12.4. The Balaban J connectivity index is 2.23. The van der Waals surface area contributed by atoms with Crippen molar-refractivity contribution in [2.24, 2.45) is 5.92 Å². The lowest BCUT2D eigenvalue weighted by molar-refractivity contribution is 0.399. The van der Waals surface area contributed by atoms with E-state index in [1.54, 1.807) is 7.11 Å². The van der Waals surface area contributed by atoms with Crippen LogP contribution in [0.2, 0.25) is 0 Å². The van der Waals surface area contributed by atoms with Crippen LogP contribution < -0.4 is 10.1 Å². The molecule has 1 aliphatic rings. The Morgan fingerprint density at radius 1 is 1.41 bits per heavy atom. The number of hydrogen-bond acceptors (Lipinski definition) is 2. The minimum atomic E-state index is 0.664. The normalized spacial score (nSPS) is 16.9. The number of hydrogen-bond donors (Lipinski definition) is 1. The lowest BCUT2D eigenvalue weighted by atomic mass is 9.89. The van der Waals surface area contributed by atoms with E-state index < -0.39 is 0 Å². The zero-order chi connectivity index (χ0) is 12.3. The van der Waals surface area contributed by atoms with Crippen molar-refractivity contribution in [3.8, 4) is 5.75 Å². The summed E-state index contributed by atoms with van der Waals surface area (Å²) in [6, 6.07) is 6.54. The fourth-order valence-corrected chi connectivity index (χ4v) is 2.59. The summed E-state index contributed by atoms with van der Waals surface area (Å²) in [6.07, 6.45) is 3.97. The molecule has 1 aromatic carbocycles. The van der Waals surface area contributed by atoms with Crippen molar-refractivity contribution in [3.63, 3.8) is 0 Å². The molecular formula is C15H23NO. The number of rotatable bonds is 6. The second-order valence-electron chi connectivity index (χ2n) is 5.08. The average Bonchev–Trinajstić information content (AvgIpc) is 3.14. The lowest BCUT2D eigenvalue weighted by Gasteiger charge is -2.20. The third kappa shape index (κ3) is 3.01. The summed E-state index contributed by atoms with van der Waals surface area (Å²) in [5.74, 6) is 2.60. The summed E-state index contributed by atoms with van der Waals surface area (Å²) in [4.78, 5) is 0. The highest BCUT2D eigenvalue weighted by molar-refractivity contribution is 5.40. The molecule has 2 heteroatoms. The Labute approximate surface area is 104 Å². The van der Waals surface area contributed by atoms with Gasteiger partial charge in [-0.05, 0) is 63.2 Å². The topological polar surface area (TPSA) is 21.3 Å². The van der Waals surface area contributed by atoms with Gasteiger partial charge in [-0.1, -0.05) is 17.7 Å². The van der Waals surface area contributed by atoms with Crippen LogP contribution in [0.3, 0.4) is 0 Å². The van der Waals surface area contributed by atoms with Crippen LogP contribution >= 0.6 is 0 Å². The molecule has 0 saturated heterocycles. The predicted molar refractivity (Wildman–Crippen MR) is 71.7 cm³/mol. The van der Waals surface area contributed by atoms with Crippen molar-refractivity contribution in [3.05, 3.63) is 29.3 Å². The van der Waals surface area contributed by atoms with E-state index in [-0.39, 0.29) is 0 Å². The monoisotopic (exact) mass is 233 g/mol. The predicted octanol–water partition coefficient (Wildman–Crippen LogP) is 3.11. The van der Waals surface area contributed by atoms with Crippen LogP contribution in [0.5, 0.6) is 5.75 Å². The van der Waals surface area contributed by atoms with Crippen molar-refractivity contribution < 1.29 is 4.74 Å². The zero-order valence-corrected chi connectivity index (χ0v) is 11.1. The molecule has 1 aliphatic carbocycles. The number of aryl methyl sites for hydroxylation is 1. The van der Waals surface area contributed by atoms with E-state index >= 15 is 0 Å². The fourth-order valence-electron chi connectivity index (χ4n) is 2.59. The summed E-state index contributed by atoms with van der Waals surface area (Å²) < 4.78 is 5.52. The molecule has 0 radical (unpaired) electrons. The molecule has 2 rings (SSSR count). The molecule has 0 amide bonds. The first-order valence-electron chi connectivity index (χ1n) is 6.55. The van der Waals surface area contributed by atoms with Gasteiger partial charge < -0.3 is 10.1 Å². The van der Waals surface area contributed by atoms with E-state index in [4.69, 9.17) is 4.74 Å². The zero-order valence-electron chi connectivity index (χ0n) is 11.1. The molecule has 0 bridgehead atoms. The van der Waals surface area contributed by atoms with Crippen LogP contribution in [0.4, 0.5) is 0 Å². The molecule has 2 nitrogen and oxygen atoms in total. The molecule has 1 saturated carbocycles. The molecule has 1 unspecified atom stereocenters. The summed E-state index contributed by atoms with van der Waals surface area (Å²) in [6.45, 7) is 3.24. The summed E-state index contributed by atoms with van der Waals surface area (Å²) in [5, 5.41) is 3.26. The number of methoxy groups -OCH3 is 1. The van der Waals surface area contributed by atoms with E-state index in [1.165, 1.54) is 30.4 Å². The molecule has 0 spiro atoms. The van der Waals surface area contributed by atoms with Gasteiger partial charge in [0, 0.05) is 0 Å². The number of ether oxygens (including phenoxy) is 1. The maximum Gasteiger partial charge on any atom is 0.122 e. The Bertz CT molecular complexity index is 371. The Kier molecular flexibility index (Phi) is 4.06. The van der Waals surface area contributed by atoms with E-state index in [0.29, 0.717) is 5.92 Å². The molecule has 1 atom stereocenters. The van der Waals surface area contributed by atoms with Crippen LogP contribution in [0.1, 0.15) is 36.3 Å². The van der Waals surface area contributed by atoms with Crippen molar-refractivity contribution in [1.82, 2.24) is 5.32 Å². The van der Waals surface area contributed by atoms with Gasteiger partial charge in [0.1, 0.15) is 5.75 Å². The van der Waals surface area contributed by atoms with Gasteiger partial charge >= 0.3 is 0 Å². The second kappa shape index (κ2) is 5.54. The SMILES string of the molecule is CNCCC(c1cc(C)ccc1OC)C1CC1. The maximum atomic E-state index is 5.52. The van der Waals surface area contributed by atoms with E-state index in [0.717, 1.165) is 18.2 Å². The van der Waals surface area contributed by atoms with Gasteiger partial charge in [-0.2, -0.15) is 0 Å². The maximum absolute atomic E-state index is 5.52. The number of benzene rings is 1. The van der Waals surface area contributed by atoms with Crippen LogP contribution in [0.15, 0.2) is 18.2 Å². The standard InChI is InChI=1S/C15H23NO/c1-11-4-7-15(17-3)14(10-11)13(8-9-16-2)12-5-6-12/h4,7,10,12-13,16H,5-6,8-9H2,1-3H3. The van der Waals surface area contributed by atoms with Crippen molar-refractivity contribution in [2.45, 2.75) is 32.1 Å². The van der Waals surface area contributed by atoms with Gasteiger partial charge in [-0.25, -0.2) is 0 Å². The summed E-state index contributed by atoms with van der Waals surface area (Å²) in [5.41, 5.74) is 2.74. The highest BCUT2D eigenvalue weighted by Gasteiger charge is 2.33. The van der Waals surface area contributed by atoms with Crippen molar-refractivity contribution in [1.29, 1.82) is 0 Å². The van der Waals surface area contributed by atoms with Crippen LogP contribution in [0.25, 0.3) is 0 Å². The van der Waals surface area contributed by atoms with Gasteiger partial charge in [0.2, 0.25) is 0 Å². The molecule has 1 N–H and O–H groups in total. The summed E-state index contributed by atoms with van der Waals surface area (Å²) >= 11 is 0. The quantitative estimate of drug-likeness (QED) is 0.815. The van der Waals surface area contributed by atoms with E-state index in [2.05, 4.69) is 30.4 Å². The minimum absolute atomic E-state index is 0.664. The third-order valence-electron chi connectivity index (χ3n) is 3.68. The highest BCUT2D eigenvalue weighted by Crippen LogP contribution is 2.46. The Morgan fingerprint density at radius 3 is 2.76 bits per heavy atom. The molecular weight excluding hydrogens is 210 g/mol. The molecule has 94 valence electrons. The van der Waals surface area contributed by atoms with Gasteiger partial charge in [0.25, 0.3) is 0 Å². The largest absolute Gasteiger partial charge is 0.496 e. The smallest absolute Gasteiger partial charge is 0.122 e. The van der Waals surface area contributed by atoms with E-state index in [1.807, 2.05) is 7.05 Å². The van der Waals surface area contributed by atoms with Gasteiger partial charge in [0.15, 0.2) is 0 Å². The molecule has 1 aromatic rings. The first-order chi connectivity index (χ1) is 8.26. The average molecular weight is 233 g/mol. The second-order valence-corrected chi connectivity index (χ2v) is 5.08. The van der Waals surface area contributed by atoms with Crippen LogP contribution in [-0.4, -0.2) is 20.7 Å². The van der Waals surface area contributed by atoms with Gasteiger partial charge in [0.05, 0.1) is 7.11 Å². The highest BCUT2D eigenvalue weighted by atomic mass is 16.5. The molecule has 0 heterocycles. The fraction of sp³-hybridized carbons (Fsp3) is 0.600. The molecule has 0 aromatic heterocycles. The van der Waals surface area contributed by atoms with E-state index in [9.17, 15) is 0 Å². The van der Waals surface area contributed by atoms with Crippen molar-refractivity contribution >= 4 is 0 Å². The lowest BCUT2D eigenvalue weighted by Crippen LogP contribution is -2.14. The van der Waals surface area contributed by atoms with Crippen molar-refractivity contribution in [2.75, 3.05) is 20.7 Å². The van der Waals surface area contributed by atoms with Crippen LogP contribution in [0, 0.1) is 12.8 Å². The summed E-state index contributed by atoms with van der Waals surface area (Å²) in [7, 11) is 3.80. The molecule has 1 fully saturated rings. The number of nitrogens with one attached hydrogen (secondary N) is 1.